The molecule has 2 unspecified atom stereocenters. The molecule has 1 N–H and O–H groups in total. The van der Waals surface area contributed by atoms with Crippen LogP contribution in [0.3, 0.4) is 0 Å². The highest BCUT2D eigenvalue weighted by Crippen LogP contribution is 2.22. The highest BCUT2D eigenvalue weighted by Gasteiger charge is 2.25. The molecule has 1 aliphatic rings. The first-order valence-corrected chi connectivity index (χ1v) is 6.95. The van der Waals surface area contributed by atoms with Gasteiger partial charge in [0.15, 0.2) is 0 Å². The predicted molar refractivity (Wildman–Crippen MR) is 75.2 cm³/mol. The molecule has 1 aromatic heterocycles. The Morgan fingerprint density at radius 3 is 2.58 bits per heavy atom. The Hall–Kier alpha value is -1.20. The highest BCUT2D eigenvalue weighted by molar-refractivity contribution is 5.07. The summed E-state index contributed by atoms with van der Waals surface area (Å²) in [5.74, 6) is 0. The number of rotatable bonds is 5. The van der Waals surface area contributed by atoms with Gasteiger partial charge < -0.3 is 15.0 Å². The largest absolute Gasteiger partial charge is 0.467 e. The molecular formula is C14H24N4O. The van der Waals surface area contributed by atoms with Crippen molar-refractivity contribution in [2.24, 2.45) is 0 Å². The van der Waals surface area contributed by atoms with E-state index in [1.165, 1.54) is 25.7 Å². The number of ether oxygens (including phenoxy) is 1. The summed E-state index contributed by atoms with van der Waals surface area (Å²) in [5, 5.41) is 3.64. The summed E-state index contributed by atoms with van der Waals surface area (Å²) < 4.78 is 4.96. The lowest BCUT2D eigenvalue weighted by Gasteiger charge is -2.36. The molecule has 0 radical (unpaired) electrons. The summed E-state index contributed by atoms with van der Waals surface area (Å²) in [6.45, 7) is 0.818. The number of nitrogens with zero attached hydrogens (tertiary/aromatic N) is 3. The molecule has 5 heteroatoms. The monoisotopic (exact) mass is 264 g/mol. The average Bonchev–Trinajstić information content (AvgIpc) is 2.46. The zero-order valence-corrected chi connectivity index (χ0v) is 12.1. The van der Waals surface area contributed by atoms with E-state index in [2.05, 4.69) is 34.3 Å². The number of aromatic nitrogens is 2. The van der Waals surface area contributed by atoms with Gasteiger partial charge in [-0.05, 0) is 26.9 Å². The van der Waals surface area contributed by atoms with E-state index in [-0.39, 0.29) is 0 Å². The summed E-state index contributed by atoms with van der Waals surface area (Å²) in [7, 11) is 5.92. The van der Waals surface area contributed by atoms with Gasteiger partial charge in [-0.2, -0.15) is 0 Å². The van der Waals surface area contributed by atoms with Gasteiger partial charge in [0.2, 0.25) is 0 Å². The van der Waals surface area contributed by atoms with Crippen molar-refractivity contribution in [3.8, 4) is 6.01 Å². The van der Waals surface area contributed by atoms with Crippen molar-refractivity contribution in [2.45, 2.75) is 44.3 Å². The van der Waals surface area contributed by atoms with Gasteiger partial charge in [0.25, 0.3) is 0 Å². The van der Waals surface area contributed by atoms with Gasteiger partial charge in [0.1, 0.15) is 0 Å². The van der Waals surface area contributed by atoms with E-state index in [0.717, 1.165) is 12.1 Å². The summed E-state index contributed by atoms with van der Waals surface area (Å²) in [4.78, 5) is 10.6. The lowest BCUT2D eigenvalue weighted by molar-refractivity contribution is 0.176. The number of nitrogens with one attached hydrogen (secondary N) is 1. The molecule has 2 rings (SSSR count). The summed E-state index contributed by atoms with van der Waals surface area (Å²) in [6, 6.07) is 1.62. The molecule has 1 aromatic rings. The third-order valence-corrected chi connectivity index (χ3v) is 3.83. The Balaban J connectivity index is 1.88. The fourth-order valence-corrected chi connectivity index (χ4v) is 2.76. The van der Waals surface area contributed by atoms with Crippen molar-refractivity contribution in [3.05, 3.63) is 18.0 Å². The Morgan fingerprint density at radius 2 is 1.95 bits per heavy atom. The van der Waals surface area contributed by atoms with E-state index in [1.54, 1.807) is 7.11 Å². The Kier molecular flexibility index (Phi) is 5.10. The second-order valence-electron chi connectivity index (χ2n) is 5.38. The first-order chi connectivity index (χ1) is 9.20. The number of methoxy groups -OCH3 is 1. The summed E-state index contributed by atoms with van der Waals surface area (Å²) in [5.41, 5.74) is 1.10. The van der Waals surface area contributed by atoms with Crippen LogP contribution in [-0.2, 0) is 6.54 Å². The first-order valence-electron chi connectivity index (χ1n) is 6.95. The average molecular weight is 264 g/mol. The number of hydrogen-bond donors (Lipinski definition) is 1. The van der Waals surface area contributed by atoms with Crippen LogP contribution in [0.5, 0.6) is 6.01 Å². The van der Waals surface area contributed by atoms with Crippen molar-refractivity contribution < 1.29 is 4.74 Å². The second kappa shape index (κ2) is 6.82. The van der Waals surface area contributed by atoms with E-state index >= 15 is 0 Å². The molecule has 0 saturated heterocycles. The van der Waals surface area contributed by atoms with Crippen LogP contribution in [0.2, 0.25) is 0 Å². The van der Waals surface area contributed by atoms with E-state index in [4.69, 9.17) is 4.74 Å². The molecule has 0 bridgehead atoms. The van der Waals surface area contributed by atoms with Crippen LogP contribution in [0.1, 0.15) is 31.2 Å². The standard InChI is InChI=1S/C14H24N4O/c1-18(2)13-7-5-4-6-12(13)15-8-11-9-16-14(19-3)17-10-11/h9-10,12-13,15H,4-8H2,1-3H3. The van der Waals surface area contributed by atoms with Crippen molar-refractivity contribution in [2.75, 3.05) is 21.2 Å². The third kappa shape index (κ3) is 3.88. The summed E-state index contributed by atoms with van der Waals surface area (Å²) in [6.07, 6.45) is 8.84. The normalized spacial score (nSPS) is 23.6. The van der Waals surface area contributed by atoms with Crippen LogP contribution in [-0.4, -0.2) is 48.2 Å². The van der Waals surface area contributed by atoms with Crippen LogP contribution in [0, 0.1) is 0 Å². The predicted octanol–water partition coefficient (Wildman–Crippen LogP) is 1.45. The van der Waals surface area contributed by atoms with Crippen molar-refractivity contribution in [1.82, 2.24) is 20.2 Å². The molecule has 2 atom stereocenters. The van der Waals surface area contributed by atoms with Crippen molar-refractivity contribution >= 4 is 0 Å². The van der Waals surface area contributed by atoms with Crippen LogP contribution in [0.4, 0.5) is 0 Å². The van der Waals surface area contributed by atoms with Crippen LogP contribution < -0.4 is 10.1 Å². The topological polar surface area (TPSA) is 50.3 Å². The minimum atomic E-state index is 0.424. The minimum absolute atomic E-state index is 0.424. The molecule has 5 nitrogen and oxygen atoms in total. The summed E-state index contributed by atoms with van der Waals surface area (Å²) >= 11 is 0. The molecule has 0 amide bonds. The molecule has 19 heavy (non-hydrogen) atoms. The fourth-order valence-electron chi connectivity index (χ4n) is 2.76. The lowest BCUT2D eigenvalue weighted by Crippen LogP contribution is -2.48. The Bertz CT molecular complexity index is 380. The maximum Gasteiger partial charge on any atom is 0.316 e. The van der Waals surface area contributed by atoms with E-state index in [0.29, 0.717) is 18.1 Å². The lowest BCUT2D eigenvalue weighted by atomic mass is 9.89. The molecule has 1 aliphatic carbocycles. The molecule has 0 spiro atoms. The highest BCUT2D eigenvalue weighted by atomic mass is 16.5. The minimum Gasteiger partial charge on any atom is -0.467 e. The Labute approximate surface area is 115 Å². The quantitative estimate of drug-likeness (QED) is 0.872. The zero-order valence-electron chi connectivity index (χ0n) is 12.1. The smallest absolute Gasteiger partial charge is 0.316 e. The molecular weight excluding hydrogens is 240 g/mol. The van der Waals surface area contributed by atoms with Gasteiger partial charge in [-0.1, -0.05) is 12.8 Å². The van der Waals surface area contributed by atoms with Gasteiger partial charge in [-0.25, -0.2) is 9.97 Å². The van der Waals surface area contributed by atoms with Gasteiger partial charge in [-0.15, -0.1) is 0 Å². The SMILES string of the molecule is COc1ncc(CNC2CCCCC2N(C)C)cn1. The first kappa shape index (κ1) is 14.2. The maximum absolute atomic E-state index is 4.96. The molecule has 106 valence electrons. The molecule has 0 aromatic carbocycles. The van der Waals surface area contributed by atoms with E-state index in [9.17, 15) is 0 Å². The van der Waals surface area contributed by atoms with Crippen LogP contribution in [0.25, 0.3) is 0 Å². The van der Waals surface area contributed by atoms with Crippen molar-refractivity contribution in [1.29, 1.82) is 0 Å². The third-order valence-electron chi connectivity index (χ3n) is 3.83. The molecule has 0 aliphatic heterocycles. The Morgan fingerprint density at radius 1 is 1.26 bits per heavy atom. The van der Waals surface area contributed by atoms with E-state index in [1.807, 2.05) is 12.4 Å². The van der Waals surface area contributed by atoms with Gasteiger partial charge in [0, 0.05) is 36.6 Å². The zero-order chi connectivity index (χ0) is 13.7. The molecule has 1 saturated carbocycles. The molecule has 1 heterocycles. The van der Waals surface area contributed by atoms with Gasteiger partial charge in [0.05, 0.1) is 7.11 Å². The number of hydrogen-bond acceptors (Lipinski definition) is 5. The van der Waals surface area contributed by atoms with Crippen LogP contribution >= 0.6 is 0 Å². The van der Waals surface area contributed by atoms with E-state index < -0.39 is 0 Å². The van der Waals surface area contributed by atoms with Crippen LogP contribution in [0.15, 0.2) is 12.4 Å². The van der Waals surface area contributed by atoms with Gasteiger partial charge >= 0.3 is 6.01 Å². The van der Waals surface area contributed by atoms with Gasteiger partial charge in [-0.3, -0.25) is 0 Å². The fraction of sp³-hybridized carbons (Fsp3) is 0.714. The van der Waals surface area contributed by atoms with Crippen molar-refractivity contribution in [3.63, 3.8) is 0 Å². The second-order valence-corrected chi connectivity index (χ2v) is 5.38. The molecule has 1 fully saturated rings. The maximum atomic E-state index is 4.96. The number of likely N-dealkylation sites (N-methyl/N-ethyl adjacent to an activating group) is 1.